The molecule has 1 N–H and O–H groups in total. The van der Waals surface area contributed by atoms with Gasteiger partial charge in [-0.05, 0) is 43.5 Å². The first-order valence-electron chi connectivity index (χ1n) is 6.68. The van der Waals surface area contributed by atoms with Crippen molar-refractivity contribution in [2.45, 2.75) is 27.2 Å². The average molecular weight is 292 g/mol. The van der Waals surface area contributed by atoms with Gasteiger partial charge < -0.3 is 14.6 Å². The molecule has 0 aliphatic carbocycles. The van der Waals surface area contributed by atoms with Crippen LogP contribution in [0.2, 0.25) is 0 Å². The maximum absolute atomic E-state index is 11.4. The van der Waals surface area contributed by atoms with Crippen LogP contribution < -0.4 is 4.74 Å². The van der Waals surface area contributed by atoms with Crippen molar-refractivity contribution in [1.82, 2.24) is 0 Å². The molecule has 5 nitrogen and oxygen atoms in total. The van der Waals surface area contributed by atoms with Gasteiger partial charge in [-0.25, -0.2) is 4.79 Å². The molecular weight excluding hydrogens is 272 g/mol. The molecule has 0 radical (unpaired) electrons. The van der Waals surface area contributed by atoms with Gasteiger partial charge >= 0.3 is 5.97 Å². The van der Waals surface area contributed by atoms with Crippen LogP contribution in [-0.2, 0) is 14.3 Å². The molecule has 0 fully saturated rings. The lowest BCUT2D eigenvalue weighted by Crippen LogP contribution is -2.13. The van der Waals surface area contributed by atoms with Crippen LogP contribution in [0, 0.1) is 13.8 Å². The van der Waals surface area contributed by atoms with Gasteiger partial charge in [-0.15, -0.1) is 0 Å². The number of aryl methyl sites for hydroxylation is 2. The second-order valence-corrected chi connectivity index (χ2v) is 4.67. The molecule has 0 aliphatic rings. The van der Waals surface area contributed by atoms with E-state index in [0.29, 0.717) is 12.2 Å². The van der Waals surface area contributed by atoms with Gasteiger partial charge in [0.25, 0.3) is 5.78 Å². The zero-order valence-electron chi connectivity index (χ0n) is 12.7. The highest BCUT2D eigenvalue weighted by Gasteiger charge is 2.15. The van der Waals surface area contributed by atoms with Crippen molar-refractivity contribution in [1.29, 1.82) is 0 Å². The molecule has 0 atom stereocenters. The van der Waals surface area contributed by atoms with Crippen LogP contribution in [0.15, 0.2) is 18.2 Å². The molecule has 5 heteroatoms. The molecule has 0 heterocycles. The van der Waals surface area contributed by atoms with E-state index in [1.54, 1.807) is 19.1 Å². The Morgan fingerprint density at radius 1 is 1.24 bits per heavy atom. The Balaban J connectivity index is 3.08. The van der Waals surface area contributed by atoms with Crippen molar-refractivity contribution in [2.75, 3.05) is 13.7 Å². The molecule has 0 spiro atoms. The smallest absolute Gasteiger partial charge is 0.378 e. The second-order valence-electron chi connectivity index (χ2n) is 4.67. The van der Waals surface area contributed by atoms with E-state index in [1.807, 2.05) is 13.8 Å². The van der Waals surface area contributed by atoms with Gasteiger partial charge in [0.2, 0.25) is 0 Å². The van der Waals surface area contributed by atoms with Gasteiger partial charge in [0.05, 0.1) is 13.7 Å². The zero-order chi connectivity index (χ0) is 16.0. The van der Waals surface area contributed by atoms with Crippen molar-refractivity contribution in [3.63, 3.8) is 0 Å². The van der Waals surface area contributed by atoms with Gasteiger partial charge in [0.15, 0.2) is 0 Å². The fourth-order valence-corrected chi connectivity index (χ4v) is 1.79. The largest absolute Gasteiger partial charge is 0.507 e. The van der Waals surface area contributed by atoms with E-state index in [4.69, 9.17) is 4.74 Å². The molecule has 0 aromatic heterocycles. The molecule has 21 heavy (non-hydrogen) atoms. The molecule has 0 bridgehead atoms. The van der Waals surface area contributed by atoms with E-state index in [0.717, 1.165) is 36.5 Å². The van der Waals surface area contributed by atoms with Crippen LogP contribution in [0.25, 0.3) is 5.76 Å². The first-order valence-corrected chi connectivity index (χ1v) is 6.68. The summed E-state index contributed by atoms with van der Waals surface area (Å²) in [5.74, 6) is -1.45. The lowest BCUT2D eigenvalue weighted by Gasteiger charge is -2.12. The minimum Gasteiger partial charge on any atom is -0.507 e. The highest BCUT2D eigenvalue weighted by Crippen LogP contribution is 2.26. The molecule has 1 aromatic rings. The Labute approximate surface area is 124 Å². The minimum atomic E-state index is -1.01. The fraction of sp³-hybridized carbons (Fsp3) is 0.375. The molecule has 0 aliphatic heterocycles. The summed E-state index contributed by atoms with van der Waals surface area (Å²) in [6.07, 6.45) is 1.76. The van der Waals surface area contributed by atoms with Crippen LogP contribution in [-0.4, -0.2) is 30.6 Å². The van der Waals surface area contributed by atoms with Gasteiger partial charge in [0, 0.05) is 11.6 Å². The van der Waals surface area contributed by atoms with Crippen molar-refractivity contribution in [3.05, 3.63) is 34.9 Å². The third-order valence-corrected chi connectivity index (χ3v) is 2.91. The number of carbonyl (C=O) groups is 2. The number of esters is 1. The normalized spacial score (nSPS) is 11.1. The number of ether oxygens (including phenoxy) is 2. The summed E-state index contributed by atoms with van der Waals surface area (Å²) in [7, 11) is 1.11. The van der Waals surface area contributed by atoms with Crippen molar-refractivity contribution in [2.24, 2.45) is 0 Å². The third kappa shape index (κ3) is 4.34. The van der Waals surface area contributed by atoms with Gasteiger partial charge in [-0.1, -0.05) is 6.92 Å². The SMILES string of the molecule is CCCOc1cc(C)c(/C(O)=C/C(=O)C(=O)OC)cc1C. The summed E-state index contributed by atoms with van der Waals surface area (Å²) in [5, 5.41) is 10.00. The van der Waals surface area contributed by atoms with Crippen LogP contribution in [0.3, 0.4) is 0 Å². The number of aliphatic hydroxyl groups excluding tert-OH is 1. The number of methoxy groups -OCH3 is 1. The van der Waals surface area contributed by atoms with Crippen molar-refractivity contribution < 1.29 is 24.2 Å². The Bertz CT molecular complexity index is 572. The minimum absolute atomic E-state index is 0.270. The maximum Gasteiger partial charge on any atom is 0.378 e. The molecule has 114 valence electrons. The average Bonchev–Trinajstić information content (AvgIpc) is 2.46. The fourth-order valence-electron chi connectivity index (χ4n) is 1.79. The summed E-state index contributed by atoms with van der Waals surface area (Å²) in [4.78, 5) is 22.5. The van der Waals surface area contributed by atoms with Gasteiger partial charge in [0.1, 0.15) is 11.5 Å². The van der Waals surface area contributed by atoms with Gasteiger partial charge in [-0.2, -0.15) is 0 Å². The summed E-state index contributed by atoms with van der Waals surface area (Å²) < 4.78 is 9.90. The van der Waals surface area contributed by atoms with Gasteiger partial charge in [-0.3, -0.25) is 4.79 Å². The summed E-state index contributed by atoms with van der Waals surface area (Å²) in [6, 6.07) is 3.52. The summed E-state index contributed by atoms with van der Waals surface area (Å²) >= 11 is 0. The number of aliphatic hydroxyl groups is 1. The third-order valence-electron chi connectivity index (χ3n) is 2.91. The standard InChI is InChI=1S/C16H20O5/c1-5-6-21-15-8-10(2)12(7-11(15)3)13(17)9-14(18)16(19)20-4/h7-9,17H,5-6H2,1-4H3/b13-9-. The molecule has 1 rings (SSSR count). The highest BCUT2D eigenvalue weighted by atomic mass is 16.5. The van der Waals surface area contributed by atoms with E-state index in [-0.39, 0.29) is 5.76 Å². The molecule has 0 unspecified atom stereocenters. The van der Waals surface area contributed by atoms with E-state index in [1.165, 1.54) is 0 Å². The summed E-state index contributed by atoms with van der Waals surface area (Å²) in [5.41, 5.74) is 2.07. The van der Waals surface area contributed by atoms with E-state index >= 15 is 0 Å². The van der Waals surface area contributed by atoms with Crippen molar-refractivity contribution in [3.8, 4) is 5.75 Å². The van der Waals surface area contributed by atoms with Crippen LogP contribution >= 0.6 is 0 Å². The Morgan fingerprint density at radius 3 is 2.48 bits per heavy atom. The first-order chi connectivity index (χ1) is 9.90. The van der Waals surface area contributed by atoms with E-state index in [2.05, 4.69) is 4.74 Å². The number of ketones is 1. The first kappa shape index (κ1) is 16.8. The van der Waals surface area contributed by atoms with E-state index in [9.17, 15) is 14.7 Å². The Kier molecular flexibility index (Phi) is 5.96. The van der Waals surface area contributed by atoms with E-state index < -0.39 is 11.8 Å². The predicted octanol–water partition coefficient (Wildman–Crippen LogP) is 2.73. The Hall–Kier alpha value is -2.30. The highest BCUT2D eigenvalue weighted by molar-refractivity contribution is 6.39. The lowest BCUT2D eigenvalue weighted by molar-refractivity contribution is -0.149. The quantitative estimate of drug-likeness (QED) is 0.378. The lowest BCUT2D eigenvalue weighted by atomic mass is 10.0. The van der Waals surface area contributed by atoms with Crippen LogP contribution in [0.1, 0.15) is 30.0 Å². The second kappa shape index (κ2) is 7.47. The number of hydrogen-bond donors (Lipinski definition) is 1. The molecule has 1 aromatic carbocycles. The predicted molar refractivity (Wildman–Crippen MR) is 79.3 cm³/mol. The number of benzene rings is 1. The van der Waals surface area contributed by atoms with Crippen LogP contribution in [0.5, 0.6) is 5.75 Å². The zero-order valence-corrected chi connectivity index (χ0v) is 12.7. The number of rotatable bonds is 6. The molecule has 0 saturated carbocycles. The molecule has 0 amide bonds. The maximum atomic E-state index is 11.4. The number of hydrogen-bond acceptors (Lipinski definition) is 5. The molecule has 0 saturated heterocycles. The monoisotopic (exact) mass is 292 g/mol. The Morgan fingerprint density at radius 2 is 1.90 bits per heavy atom. The number of carbonyl (C=O) groups excluding carboxylic acids is 2. The molecular formula is C16H20O5. The van der Waals surface area contributed by atoms with Crippen molar-refractivity contribution >= 4 is 17.5 Å². The summed E-state index contributed by atoms with van der Waals surface area (Å²) in [6.45, 7) is 6.27. The van der Waals surface area contributed by atoms with Crippen LogP contribution in [0.4, 0.5) is 0 Å². The topological polar surface area (TPSA) is 72.8 Å².